The van der Waals surface area contributed by atoms with Crippen molar-refractivity contribution in [1.29, 1.82) is 0 Å². The lowest BCUT2D eigenvalue weighted by Gasteiger charge is -2.10. The summed E-state index contributed by atoms with van der Waals surface area (Å²) in [6, 6.07) is 15.5. The first-order valence-corrected chi connectivity index (χ1v) is 10.7. The summed E-state index contributed by atoms with van der Waals surface area (Å²) in [4.78, 5) is 22.5. The molecule has 1 aliphatic heterocycles. The summed E-state index contributed by atoms with van der Waals surface area (Å²) in [5, 5.41) is 7.49. The van der Waals surface area contributed by atoms with Crippen molar-refractivity contribution in [3.8, 4) is 0 Å². The van der Waals surface area contributed by atoms with E-state index in [2.05, 4.69) is 10.4 Å². The van der Waals surface area contributed by atoms with E-state index in [1.54, 1.807) is 6.21 Å². The number of para-hydroxylation sites is 2. The second kappa shape index (κ2) is 8.39. The Hall–Kier alpha value is -3.78. The molecule has 1 aliphatic rings. The molecule has 3 heterocycles. The first kappa shape index (κ1) is 20.1. The number of fused-ring (bicyclic) bond motifs is 2. The molecule has 8 heteroatoms. The van der Waals surface area contributed by atoms with Crippen LogP contribution >= 0.6 is 0 Å². The van der Waals surface area contributed by atoms with Crippen LogP contribution < -0.4 is 11.1 Å². The lowest BCUT2D eigenvalue weighted by Crippen LogP contribution is -2.32. The lowest BCUT2D eigenvalue weighted by atomic mass is 10.2. The number of anilines is 1. The Labute approximate surface area is 185 Å². The van der Waals surface area contributed by atoms with Crippen molar-refractivity contribution in [2.45, 2.75) is 25.9 Å². The van der Waals surface area contributed by atoms with Crippen molar-refractivity contribution in [2.24, 2.45) is 5.10 Å². The molecule has 1 saturated heterocycles. The summed E-state index contributed by atoms with van der Waals surface area (Å²) in [6.07, 6.45) is 3.67. The van der Waals surface area contributed by atoms with Gasteiger partial charge in [0.1, 0.15) is 16.9 Å². The van der Waals surface area contributed by atoms with Crippen LogP contribution in [0.4, 0.5) is 5.82 Å². The maximum Gasteiger partial charge on any atom is 0.257 e. The molecule has 0 radical (unpaired) electrons. The van der Waals surface area contributed by atoms with Gasteiger partial charge in [0, 0.05) is 13.2 Å². The van der Waals surface area contributed by atoms with Crippen LogP contribution in [-0.4, -0.2) is 46.0 Å². The number of carbonyl (C=O) groups is 1. The Kier molecular flexibility index (Phi) is 5.28. The lowest BCUT2D eigenvalue weighted by molar-refractivity contribution is 0.0859. The second-order valence-corrected chi connectivity index (χ2v) is 7.96. The number of nitrogens with two attached hydrogens (primary N) is 1. The molecule has 5 rings (SSSR count). The summed E-state index contributed by atoms with van der Waals surface area (Å²) in [5.74, 6) is -0.110. The van der Waals surface area contributed by atoms with Gasteiger partial charge in [-0.1, -0.05) is 42.0 Å². The van der Waals surface area contributed by atoms with Crippen LogP contribution in [0.2, 0.25) is 0 Å². The minimum atomic E-state index is -0.308. The SMILES string of the molecule is Cc1cccc(/C=N\n2c(N)c(C(=O)NC[C@@H]3CCCO3)c3nc4ccccc4nc32)c1. The summed E-state index contributed by atoms with van der Waals surface area (Å²) in [5.41, 5.74) is 11.0. The number of nitrogens with one attached hydrogen (secondary N) is 1. The molecule has 2 aromatic heterocycles. The van der Waals surface area contributed by atoms with Gasteiger partial charge < -0.3 is 15.8 Å². The first-order chi connectivity index (χ1) is 15.6. The molecule has 32 heavy (non-hydrogen) atoms. The molecule has 3 N–H and O–H groups in total. The minimum absolute atomic E-state index is 0.0276. The predicted octanol–water partition coefficient (Wildman–Crippen LogP) is 3.27. The minimum Gasteiger partial charge on any atom is -0.383 e. The summed E-state index contributed by atoms with van der Waals surface area (Å²) >= 11 is 0. The zero-order chi connectivity index (χ0) is 22.1. The largest absolute Gasteiger partial charge is 0.383 e. The molecule has 2 aromatic carbocycles. The molecular weight excluding hydrogens is 404 g/mol. The third-order valence-electron chi connectivity index (χ3n) is 5.58. The fourth-order valence-corrected chi connectivity index (χ4v) is 3.96. The smallest absolute Gasteiger partial charge is 0.257 e. The monoisotopic (exact) mass is 428 g/mol. The van der Waals surface area contributed by atoms with Gasteiger partial charge in [-0.3, -0.25) is 4.79 Å². The number of aryl methyl sites for hydroxylation is 1. The van der Waals surface area contributed by atoms with E-state index in [4.69, 9.17) is 20.4 Å². The highest BCUT2D eigenvalue weighted by molar-refractivity contribution is 6.10. The Morgan fingerprint density at radius 2 is 2.06 bits per heavy atom. The van der Waals surface area contributed by atoms with Crippen LogP contribution in [0.5, 0.6) is 0 Å². The number of carbonyl (C=O) groups excluding carboxylic acids is 1. The Morgan fingerprint density at radius 1 is 1.25 bits per heavy atom. The zero-order valence-electron chi connectivity index (χ0n) is 17.8. The fourth-order valence-electron chi connectivity index (χ4n) is 3.96. The van der Waals surface area contributed by atoms with E-state index in [0.29, 0.717) is 28.7 Å². The van der Waals surface area contributed by atoms with Crippen LogP contribution in [0, 0.1) is 6.92 Å². The van der Waals surface area contributed by atoms with Crippen molar-refractivity contribution < 1.29 is 9.53 Å². The number of rotatable bonds is 5. The van der Waals surface area contributed by atoms with Crippen molar-refractivity contribution in [2.75, 3.05) is 18.9 Å². The Morgan fingerprint density at radius 3 is 2.81 bits per heavy atom. The summed E-state index contributed by atoms with van der Waals surface area (Å²) in [7, 11) is 0. The van der Waals surface area contributed by atoms with Gasteiger partial charge in [-0.2, -0.15) is 9.78 Å². The highest BCUT2D eigenvalue weighted by atomic mass is 16.5. The summed E-state index contributed by atoms with van der Waals surface area (Å²) < 4.78 is 7.10. The summed E-state index contributed by atoms with van der Waals surface area (Å²) in [6.45, 7) is 3.18. The van der Waals surface area contributed by atoms with Crippen LogP contribution in [0.1, 0.15) is 34.3 Å². The molecule has 0 aliphatic carbocycles. The van der Waals surface area contributed by atoms with Gasteiger partial charge in [0.05, 0.1) is 23.4 Å². The van der Waals surface area contributed by atoms with Crippen LogP contribution in [0.15, 0.2) is 53.6 Å². The van der Waals surface area contributed by atoms with Gasteiger partial charge in [0.15, 0.2) is 5.65 Å². The topological polar surface area (TPSA) is 107 Å². The number of benzene rings is 2. The van der Waals surface area contributed by atoms with Crippen molar-refractivity contribution >= 4 is 40.1 Å². The molecule has 1 atom stereocenters. The number of aromatic nitrogens is 3. The molecule has 0 saturated carbocycles. The maximum atomic E-state index is 13.1. The van der Waals surface area contributed by atoms with Crippen molar-refractivity contribution in [3.63, 3.8) is 0 Å². The average Bonchev–Trinajstić information content (AvgIpc) is 3.40. The molecule has 0 bridgehead atoms. The van der Waals surface area contributed by atoms with E-state index < -0.39 is 0 Å². The number of ether oxygens (including phenoxy) is 1. The molecule has 8 nitrogen and oxygen atoms in total. The third kappa shape index (κ3) is 3.80. The molecular formula is C24H24N6O2. The van der Waals surface area contributed by atoms with E-state index in [1.165, 1.54) is 4.68 Å². The number of hydrogen-bond donors (Lipinski definition) is 2. The van der Waals surface area contributed by atoms with E-state index in [0.717, 1.165) is 30.6 Å². The normalized spacial score (nSPS) is 16.3. The van der Waals surface area contributed by atoms with Gasteiger partial charge in [-0.25, -0.2) is 9.97 Å². The van der Waals surface area contributed by atoms with Crippen LogP contribution in [-0.2, 0) is 4.74 Å². The number of nitrogens with zero attached hydrogens (tertiary/aromatic N) is 4. The van der Waals surface area contributed by atoms with E-state index in [1.807, 2.05) is 55.5 Å². The fraction of sp³-hybridized carbons (Fsp3) is 0.250. The van der Waals surface area contributed by atoms with Crippen LogP contribution in [0.25, 0.3) is 22.2 Å². The average molecular weight is 428 g/mol. The maximum absolute atomic E-state index is 13.1. The van der Waals surface area contributed by atoms with Crippen molar-refractivity contribution in [1.82, 2.24) is 20.0 Å². The van der Waals surface area contributed by atoms with Gasteiger partial charge in [-0.05, 0) is 37.5 Å². The van der Waals surface area contributed by atoms with Gasteiger partial charge >= 0.3 is 0 Å². The van der Waals surface area contributed by atoms with Gasteiger partial charge in [0.25, 0.3) is 5.91 Å². The molecule has 1 amide bonds. The first-order valence-electron chi connectivity index (χ1n) is 10.7. The standard InChI is InChI=1S/C24H24N6O2/c1-15-6-4-7-16(12-15)13-27-30-22(25)20(24(31)26-14-17-8-5-11-32-17)21-23(30)29-19-10-3-2-9-18(19)28-21/h2-4,6-7,9-10,12-13,17H,5,8,11,14,25H2,1H3,(H,26,31)/b27-13-/t17-/m0/s1. The highest BCUT2D eigenvalue weighted by Gasteiger charge is 2.25. The van der Waals surface area contributed by atoms with E-state index >= 15 is 0 Å². The Bertz CT molecular complexity index is 1340. The second-order valence-electron chi connectivity index (χ2n) is 7.96. The third-order valence-corrected chi connectivity index (χ3v) is 5.58. The molecule has 1 fully saturated rings. The number of hydrogen-bond acceptors (Lipinski definition) is 6. The Balaban J connectivity index is 1.59. The van der Waals surface area contributed by atoms with E-state index in [-0.39, 0.29) is 23.4 Å². The molecule has 4 aromatic rings. The van der Waals surface area contributed by atoms with Crippen molar-refractivity contribution in [3.05, 3.63) is 65.2 Å². The predicted molar refractivity (Wildman–Crippen MR) is 125 cm³/mol. The zero-order valence-corrected chi connectivity index (χ0v) is 17.8. The molecule has 0 unspecified atom stereocenters. The molecule has 0 spiro atoms. The van der Waals surface area contributed by atoms with Gasteiger partial charge in [0.2, 0.25) is 0 Å². The number of amides is 1. The van der Waals surface area contributed by atoms with E-state index in [9.17, 15) is 4.79 Å². The van der Waals surface area contributed by atoms with Gasteiger partial charge in [-0.15, -0.1) is 0 Å². The highest BCUT2D eigenvalue weighted by Crippen LogP contribution is 2.28. The van der Waals surface area contributed by atoms with Crippen LogP contribution in [0.3, 0.4) is 0 Å². The quantitative estimate of drug-likeness (QED) is 0.475. The molecule has 162 valence electrons. The number of nitrogen functional groups attached to an aromatic ring is 1.